The lowest BCUT2D eigenvalue weighted by atomic mass is 9.92. The van der Waals surface area contributed by atoms with Crippen molar-refractivity contribution < 1.29 is 14.3 Å². The van der Waals surface area contributed by atoms with Crippen molar-refractivity contribution in [3.63, 3.8) is 0 Å². The Bertz CT molecular complexity index is 1270. The first-order chi connectivity index (χ1) is 17.4. The maximum atomic E-state index is 12.8. The molecule has 5 rings (SSSR count). The molecule has 3 aromatic rings. The molecule has 1 aromatic heterocycles. The van der Waals surface area contributed by atoms with Gasteiger partial charge in [0.2, 0.25) is 5.91 Å². The number of likely N-dealkylation sites (N-methyl/N-ethyl adjacent to an activating group) is 1. The number of ether oxygens (including phenoxy) is 1. The Morgan fingerprint density at radius 3 is 2.64 bits per heavy atom. The Morgan fingerprint density at radius 2 is 1.89 bits per heavy atom. The number of rotatable bonds is 8. The summed E-state index contributed by atoms with van der Waals surface area (Å²) in [5.74, 6) is -0.293. The molecule has 190 valence electrons. The van der Waals surface area contributed by atoms with Gasteiger partial charge in [0.25, 0.3) is 5.91 Å². The van der Waals surface area contributed by atoms with Gasteiger partial charge in [-0.2, -0.15) is 0 Å². The number of benzene rings is 2. The molecule has 7 heteroatoms. The Kier molecular flexibility index (Phi) is 7.12. The number of para-hydroxylation sites is 1. The summed E-state index contributed by atoms with van der Waals surface area (Å²) in [6, 6.07) is 14.2. The van der Waals surface area contributed by atoms with Gasteiger partial charge in [-0.3, -0.25) is 14.2 Å². The topological polar surface area (TPSA) is 89.6 Å². The van der Waals surface area contributed by atoms with Crippen molar-refractivity contribution in [1.82, 2.24) is 9.47 Å². The molecule has 1 saturated carbocycles. The van der Waals surface area contributed by atoms with E-state index in [2.05, 4.69) is 30.4 Å². The van der Waals surface area contributed by atoms with E-state index in [-0.39, 0.29) is 11.9 Å². The lowest BCUT2D eigenvalue weighted by Gasteiger charge is -2.30. The normalized spacial score (nSPS) is 20.0. The zero-order valence-electron chi connectivity index (χ0n) is 21.3. The van der Waals surface area contributed by atoms with Crippen LogP contribution in [0, 0.1) is 0 Å². The summed E-state index contributed by atoms with van der Waals surface area (Å²) in [4.78, 5) is 27.2. The molecule has 0 spiro atoms. The van der Waals surface area contributed by atoms with Crippen LogP contribution in [0.2, 0.25) is 0 Å². The third kappa shape index (κ3) is 4.90. The van der Waals surface area contributed by atoms with Crippen molar-refractivity contribution in [3.8, 4) is 11.1 Å². The van der Waals surface area contributed by atoms with E-state index in [4.69, 9.17) is 10.5 Å². The summed E-state index contributed by atoms with van der Waals surface area (Å²) >= 11 is 0. The number of nitrogens with zero attached hydrogens (tertiary/aromatic N) is 2. The number of amides is 1. The van der Waals surface area contributed by atoms with E-state index in [1.807, 2.05) is 41.0 Å². The van der Waals surface area contributed by atoms with Gasteiger partial charge in [-0.1, -0.05) is 24.3 Å². The highest BCUT2D eigenvalue weighted by atomic mass is 16.5. The first-order valence-corrected chi connectivity index (χ1v) is 13.0. The standard InChI is InChI=1S/C29H36N4O3/c1-32(2)16-17-36-21-13-11-20(12-14-21)31-24-18-19(10-15-22(24)29(30)35)28-23-6-3-4-7-25(23)33-26(28)8-5-9-27(33)34/h3-4,6-7,10,15,18,20-21,31H,5,8-9,11-14,16-17H2,1-2H3,(H2,30,35)/t20-,21-. The van der Waals surface area contributed by atoms with Gasteiger partial charge in [-0.05, 0) is 76.4 Å². The van der Waals surface area contributed by atoms with Crippen LogP contribution in [0.5, 0.6) is 0 Å². The van der Waals surface area contributed by atoms with Crippen molar-refractivity contribution in [2.24, 2.45) is 5.73 Å². The van der Waals surface area contributed by atoms with Crippen LogP contribution in [0.3, 0.4) is 0 Å². The van der Waals surface area contributed by atoms with Gasteiger partial charge in [0.15, 0.2) is 0 Å². The van der Waals surface area contributed by atoms with E-state index in [0.717, 1.165) is 85.1 Å². The number of carbonyl (C=O) groups excluding carboxylic acids is 2. The number of hydrogen-bond acceptors (Lipinski definition) is 5. The minimum atomic E-state index is -0.441. The van der Waals surface area contributed by atoms with Crippen LogP contribution < -0.4 is 11.1 Å². The van der Waals surface area contributed by atoms with Crippen LogP contribution in [-0.2, 0) is 11.2 Å². The van der Waals surface area contributed by atoms with E-state index in [1.54, 1.807) is 0 Å². The molecule has 0 bridgehead atoms. The molecular weight excluding hydrogens is 452 g/mol. The van der Waals surface area contributed by atoms with Crippen molar-refractivity contribution >= 4 is 28.4 Å². The average Bonchev–Trinajstić information content (AvgIpc) is 3.20. The average molecular weight is 489 g/mol. The minimum absolute atomic E-state index is 0.148. The van der Waals surface area contributed by atoms with Crippen molar-refractivity contribution in [2.45, 2.75) is 57.1 Å². The minimum Gasteiger partial charge on any atom is -0.382 e. The molecule has 0 saturated heterocycles. The van der Waals surface area contributed by atoms with Gasteiger partial charge < -0.3 is 20.7 Å². The van der Waals surface area contributed by atoms with Crippen LogP contribution in [0.25, 0.3) is 22.0 Å². The molecular formula is C29H36N4O3. The fourth-order valence-electron chi connectivity index (χ4n) is 5.69. The Balaban J connectivity index is 1.42. The monoisotopic (exact) mass is 488 g/mol. The van der Waals surface area contributed by atoms with Gasteiger partial charge in [0.05, 0.1) is 23.8 Å². The summed E-state index contributed by atoms with van der Waals surface area (Å²) in [7, 11) is 4.11. The highest BCUT2D eigenvalue weighted by Gasteiger charge is 2.27. The number of primary amides is 1. The third-order valence-electron chi connectivity index (χ3n) is 7.53. The quantitative estimate of drug-likeness (QED) is 0.480. The van der Waals surface area contributed by atoms with Crippen LogP contribution in [0.1, 0.15) is 59.4 Å². The van der Waals surface area contributed by atoms with Gasteiger partial charge in [0.1, 0.15) is 0 Å². The molecule has 1 fully saturated rings. The van der Waals surface area contributed by atoms with E-state index < -0.39 is 5.91 Å². The first-order valence-electron chi connectivity index (χ1n) is 13.0. The van der Waals surface area contributed by atoms with Crippen LogP contribution in [-0.4, -0.2) is 60.7 Å². The molecule has 1 aliphatic heterocycles. The van der Waals surface area contributed by atoms with E-state index in [0.29, 0.717) is 18.1 Å². The fraction of sp³-hybridized carbons (Fsp3) is 0.448. The molecule has 1 amide bonds. The third-order valence-corrected chi connectivity index (χ3v) is 7.53. The molecule has 0 unspecified atom stereocenters. The fourth-order valence-corrected chi connectivity index (χ4v) is 5.69. The van der Waals surface area contributed by atoms with Gasteiger partial charge in [-0.25, -0.2) is 0 Å². The summed E-state index contributed by atoms with van der Waals surface area (Å²) in [6.45, 7) is 1.68. The number of anilines is 1. The summed E-state index contributed by atoms with van der Waals surface area (Å²) in [5.41, 5.74) is 11.1. The first kappa shape index (κ1) is 24.5. The summed E-state index contributed by atoms with van der Waals surface area (Å²) in [5, 5.41) is 4.69. The van der Waals surface area contributed by atoms with E-state index >= 15 is 0 Å². The number of fused-ring (bicyclic) bond motifs is 3. The molecule has 7 nitrogen and oxygen atoms in total. The Labute approximate surface area is 212 Å². The highest BCUT2D eigenvalue weighted by Crippen LogP contribution is 2.39. The molecule has 1 aliphatic carbocycles. The number of nitrogens with two attached hydrogens (primary N) is 1. The number of aromatic nitrogens is 1. The maximum Gasteiger partial charge on any atom is 0.250 e. The van der Waals surface area contributed by atoms with E-state index in [1.165, 1.54) is 0 Å². The predicted octanol–water partition coefficient (Wildman–Crippen LogP) is 4.69. The number of carbonyl (C=O) groups is 2. The van der Waals surface area contributed by atoms with Crippen LogP contribution in [0.4, 0.5) is 5.69 Å². The Morgan fingerprint density at radius 1 is 1.11 bits per heavy atom. The van der Waals surface area contributed by atoms with Crippen molar-refractivity contribution in [2.75, 3.05) is 32.6 Å². The van der Waals surface area contributed by atoms with Gasteiger partial charge >= 0.3 is 0 Å². The van der Waals surface area contributed by atoms with Crippen molar-refractivity contribution in [1.29, 1.82) is 0 Å². The summed E-state index contributed by atoms with van der Waals surface area (Å²) < 4.78 is 7.94. The molecule has 36 heavy (non-hydrogen) atoms. The second-order valence-electron chi connectivity index (χ2n) is 10.3. The SMILES string of the molecule is CN(C)CCO[C@H]1CC[C@H](Nc2cc(-c3c4n(c5ccccc35)C(=O)CCC4)ccc2C(N)=O)CC1. The molecule has 3 N–H and O–H groups in total. The molecule has 0 radical (unpaired) electrons. The Hall–Kier alpha value is -3.16. The summed E-state index contributed by atoms with van der Waals surface area (Å²) in [6.07, 6.45) is 6.52. The molecule has 2 heterocycles. The number of nitrogens with one attached hydrogen (secondary N) is 1. The maximum absolute atomic E-state index is 12.8. The van der Waals surface area contributed by atoms with Crippen molar-refractivity contribution in [3.05, 3.63) is 53.7 Å². The van der Waals surface area contributed by atoms with E-state index in [9.17, 15) is 9.59 Å². The second kappa shape index (κ2) is 10.4. The largest absolute Gasteiger partial charge is 0.382 e. The van der Waals surface area contributed by atoms with Gasteiger partial charge in [0, 0.05) is 41.3 Å². The van der Waals surface area contributed by atoms with Crippen LogP contribution >= 0.6 is 0 Å². The predicted molar refractivity (Wildman–Crippen MR) is 144 cm³/mol. The zero-order valence-corrected chi connectivity index (χ0v) is 21.3. The second-order valence-corrected chi connectivity index (χ2v) is 10.3. The van der Waals surface area contributed by atoms with Crippen LogP contribution in [0.15, 0.2) is 42.5 Å². The lowest BCUT2D eigenvalue weighted by molar-refractivity contribution is 0.0196. The highest BCUT2D eigenvalue weighted by molar-refractivity contribution is 6.06. The zero-order chi connectivity index (χ0) is 25.2. The molecule has 2 aromatic carbocycles. The van der Waals surface area contributed by atoms with Gasteiger partial charge in [-0.15, -0.1) is 0 Å². The molecule has 0 atom stereocenters. The lowest BCUT2D eigenvalue weighted by Crippen LogP contribution is -2.32. The smallest absolute Gasteiger partial charge is 0.250 e. The number of hydrogen-bond donors (Lipinski definition) is 2. The molecule has 2 aliphatic rings.